The van der Waals surface area contributed by atoms with E-state index in [0.29, 0.717) is 12.0 Å². The first kappa shape index (κ1) is 17.8. The highest BCUT2D eigenvalue weighted by atomic mass is 32.1. The van der Waals surface area contributed by atoms with Gasteiger partial charge in [0.15, 0.2) is 5.65 Å². The average molecular weight is 420 g/mol. The maximum absolute atomic E-state index is 12.8. The highest BCUT2D eigenvalue weighted by molar-refractivity contribution is 7.12. The van der Waals surface area contributed by atoms with E-state index in [1.165, 1.54) is 11.3 Å². The van der Waals surface area contributed by atoms with Crippen molar-refractivity contribution in [3.8, 4) is 22.3 Å². The van der Waals surface area contributed by atoms with Crippen molar-refractivity contribution in [3.63, 3.8) is 0 Å². The van der Waals surface area contributed by atoms with Gasteiger partial charge in [-0.3, -0.25) is 9.89 Å². The van der Waals surface area contributed by atoms with Crippen LogP contribution in [0.25, 0.3) is 27.9 Å². The molecule has 1 unspecified atom stereocenters. The van der Waals surface area contributed by atoms with Gasteiger partial charge < -0.3 is 10.6 Å². The van der Waals surface area contributed by atoms with Crippen LogP contribution in [0.3, 0.4) is 0 Å². The van der Waals surface area contributed by atoms with E-state index in [9.17, 15) is 4.79 Å². The molecule has 0 radical (unpaired) electrons. The van der Waals surface area contributed by atoms with Gasteiger partial charge in [0.25, 0.3) is 5.91 Å². The first-order chi connectivity index (χ1) is 14.8. The number of hydrogen-bond donors (Lipinski definition) is 3. The van der Waals surface area contributed by atoms with Gasteiger partial charge in [-0.1, -0.05) is 0 Å². The Bertz CT molecular complexity index is 1210. The average Bonchev–Trinajstić information content (AvgIpc) is 3.57. The number of carbonyl (C=O) groups is 1. The molecule has 1 aliphatic carbocycles. The molecule has 3 atom stereocenters. The summed E-state index contributed by atoms with van der Waals surface area (Å²) in [5, 5.41) is 20.1. The number of nitrogens with zero attached hydrogens (tertiary/aromatic N) is 4. The van der Waals surface area contributed by atoms with Crippen molar-refractivity contribution in [2.45, 2.75) is 31.3 Å². The molecule has 1 saturated heterocycles. The standard InChI is InChI=1S/C21H21N7OS/c29-21(27-18-2-1-17-15(18)3-4-22-17)19-5-12(11-30-19)16-9-26-28-10-14(6-23-20(16)28)13-7-24-25-8-13/h5-11,15,17-18,22H,1-4H2,(H,24,25)(H,27,29)/t15-,17-,18?/m1/s1. The quantitative estimate of drug-likeness (QED) is 0.472. The molecule has 5 heterocycles. The molecule has 4 aromatic heterocycles. The zero-order chi connectivity index (χ0) is 20.1. The Morgan fingerprint density at radius 3 is 3.03 bits per heavy atom. The van der Waals surface area contributed by atoms with Crippen LogP contribution in [0.5, 0.6) is 0 Å². The number of H-pyrrole nitrogens is 1. The molecule has 30 heavy (non-hydrogen) atoms. The molecule has 2 aliphatic rings. The SMILES string of the molecule is O=C(NC1CC[C@H]2NCC[C@@H]12)c1cc(-c2cnn3cc(-c4cn[nH]c4)cnc23)cs1. The summed E-state index contributed by atoms with van der Waals surface area (Å²) in [6.45, 7) is 1.06. The zero-order valence-electron chi connectivity index (χ0n) is 16.2. The molecule has 0 spiro atoms. The largest absolute Gasteiger partial charge is 0.348 e. The van der Waals surface area contributed by atoms with Crippen molar-refractivity contribution in [1.82, 2.24) is 35.4 Å². The number of nitrogens with one attached hydrogen (secondary N) is 3. The molecule has 6 rings (SSSR count). The fourth-order valence-corrected chi connectivity index (χ4v) is 5.62. The molecule has 9 heteroatoms. The Balaban J connectivity index is 1.24. The Hall–Kier alpha value is -3.04. The van der Waals surface area contributed by atoms with Crippen molar-refractivity contribution >= 4 is 22.9 Å². The molecule has 1 saturated carbocycles. The van der Waals surface area contributed by atoms with Crippen LogP contribution in [0, 0.1) is 5.92 Å². The van der Waals surface area contributed by atoms with Gasteiger partial charge in [-0.05, 0) is 48.7 Å². The van der Waals surface area contributed by atoms with Gasteiger partial charge in [-0.15, -0.1) is 11.3 Å². The number of thiophene rings is 1. The minimum atomic E-state index is 0.0236. The van der Waals surface area contributed by atoms with Gasteiger partial charge in [0, 0.05) is 47.4 Å². The molecule has 1 aliphatic heterocycles. The molecular formula is C21H21N7OS. The lowest BCUT2D eigenvalue weighted by Crippen LogP contribution is -2.38. The number of carbonyl (C=O) groups excluding carboxylic acids is 1. The van der Waals surface area contributed by atoms with Gasteiger partial charge in [-0.2, -0.15) is 10.2 Å². The molecule has 152 valence electrons. The summed E-state index contributed by atoms with van der Waals surface area (Å²) in [5.41, 5.74) is 4.55. The lowest BCUT2D eigenvalue weighted by molar-refractivity contribution is 0.0932. The lowest BCUT2D eigenvalue weighted by atomic mass is 10.00. The van der Waals surface area contributed by atoms with E-state index in [4.69, 9.17) is 0 Å². The monoisotopic (exact) mass is 419 g/mol. The van der Waals surface area contributed by atoms with E-state index in [-0.39, 0.29) is 11.9 Å². The van der Waals surface area contributed by atoms with Crippen LogP contribution >= 0.6 is 11.3 Å². The van der Waals surface area contributed by atoms with E-state index in [2.05, 4.69) is 30.9 Å². The lowest BCUT2D eigenvalue weighted by Gasteiger charge is -2.18. The Kier molecular flexibility index (Phi) is 4.17. The summed E-state index contributed by atoms with van der Waals surface area (Å²) in [6.07, 6.45) is 12.5. The minimum absolute atomic E-state index is 0.0236. The molecule has 1 amide bonds. The van der Waals surface area contributed by atoms with Crippen molar-refractivity contribution in [2.75, 3.05) is 6.54 Å². The van der Waals surface area contributed by atoms with Gasteiger partial charge >= 0.3 is 0 Å². The van der Waals surface area contributed by atoms with Gasteiger partial charge in [0.1, 0.15) is 0 Å². The number of fused-ring (bicyclic) bond motifs is 2. The van der Waals surface area contributed by atoms with Crippen LogP contribution in [0.15, 0.2) is 42.4 Å². The normalized spacial score (nSPS) is 23.1. The van der Waals surface area contributed by atoms with Crippen LogP contribution in [0.1, 0.15) is 28.9 Å². The smallest absolute Gasteiger partial charge is 0.261 e. The second-order valence-corrected chi connectivity index (χ2v) is 8.94. The number of hydrogen-bond acceptors (Lipinski definition) is 6. The highest BCUT2D eigenvalue weighted by Gasteiger charge is 2.39. The van der Waals surface area contributed by atoms with E-state index in [1.807, 2.05) is 30.0 Å². The fourth-order valence-electron chi connectivity index (χ4n) is 4.81. The van der Waals surface area contributed by atoms with Crippen molar-refractivity contribution < 1.29 is 4.79 Å². The van der Waals surface area contributed by atoms with E-state index in [0.717, 1.165) is 58.6 Å². The summed E-state index contributed by atoms with van der Waals surface area (Å²) >= 11 is 1.47. The number of amides is 1. The second kappa shape index (κ2) is 7.03. The minimum Gasteiger partial charge on any atom is -0.348 e. The zero-order valence-corrected chi connectivity index (χ0v) is 17.0. The number of rotatable bonds is 4. The van der Waals surface area contributed by atoms with E-state index >= 15 is 0 Å². The number of aromatic nitrogens is 5. The van der Waals surface area contributed by atoms with Gasteiger partial charge in [0.05, 0.1) is 17.3 Å². The van der Waals surface area contributed by atoms with Crippen LogP contribution < -0.4 is 10.6 Å². The first-order valence-corrected chi connectivity index (χ1v) is 11.1. The topological polar surface area (TPSA) is 100 Å². The third-order valence-corrected chi connectivity index (χ3v) is 7.27. The van der Waals surface area contributed by atoms with Crippen molar-refractivity contribution in [1.29, 1.82) is 0 Å². The van der Waals surface area contributed by atoms with Crippen molar-refractivity contribution in [3.05, 3.63) is 47.3 Å². The predicted molar refractivity (Wildman–Crippen MR) is 114 cm³/mol. The van der Waals surface area contributed by atoms with Crippen molar-refractivity contribution in [2.24, 2.45) is 5.92 Å². The summed E-state index contributed by atoms with van der Waals surface area (Å²) in [7, 11) is 0. The van der Waals surface area contributed by atoms with E-state index in [1.54, 1.807) is 16.9 Å². The molecule has 2 fully saturated rings. The number of aromatic amines is 1. The fraction of sp³-hybridized carbons (Fsp3) is 0.333. The highest BCUT2D eigenvalue weighted by Crippen LogP contribution is 2.33. The second-order valence-electron chi connectivity index (χ2n) is 8.03. The Labute approximate surface area is 176 Å². The molecule has 0 bridgehead atoms. The first-order valence-electron chi connectivity index (χ1n) is 10.2. The Morgan fingerprint density at radius 1 is 1.17 bits per heavy atom. The molecule has 8 nitrogen and oxygen atoms in total. The Morgan fingerprint density at radius 2 is 2.13 bits per heavy atom. The molecule has 0 aromatic carbocycles. The van der Waals surface area contributed by atoms with E-state index < -0.39 is 0 Å². The van der Waals surface area contributed by atoms with Gasteiger partial charge in [-0.25, -0.2) is 9.50 Å². The third kappa shape index (κ3) is 2.93. The molecular weight excluding hydrogens is 398 g/mol. The van der Waals surface area contributed by atoms with Crippen LogP contribution in [-0.2, 0) is 0 Å². The summed E-state index contributed by atoms with van der Waals surface area (Å²) in [6, 6.07) is 2.80. The van der Waals surface area contributed by atoms with Crippen LogP contribution in [0.4, 0.5) is 0 Å². The third-order valence-electron chi connectivity index (χ3n) is 6.35. The molecule has 3 N–H and O–H groups in total. The van der Waals surface area contributed by atoms with Crippen LogP contribution in [0.2, 0.25) is 0 Å². The van der Waals surface area contributed by atoms with Gasteiger partial charge in [0.2, 0.25) is 0 Å². The summed E-state index contributed by atoms with van der Waals surface area (Å²) < 4.78 is 1.76. The molecule has 4 aromatic rings. The predicted octanol–water partition coefficient (Wildman–Crippen LogP) is 2.72. The summed E-state index contributed by atoms with van der Waals surface area (Å²) in [5.74, 6) is 0.595. The maximum atomic E-state index is 12.8. The van der Waals surface area contributed by atoms with Crippen LogP contribution in [-0.4, -0.2) is 49.3 Å². The maximum Gasteiger partial charge on any atom is 0.261 e. The summed E-state index contributed by atoms with van der Waals surface area (Å²) in [4.78, 5) is 18.2.